The number of benzene rings is 2. The molecular formula is C20H22FN5O4S2. The van der Waals surface area contributed by atoms with Gasteiger partial charge in [-0.25, -0.2) is 12.8 Å². The Bertz CT molecular complexity index is 1200. The topological polar surface area (TPSA) is 106 Å². The zero-order valence-electron chi connectivity index (χ0n) is 17.6. The van der Waals surface area contributed by atoms with Crippen molar-refractivity contribution in [2.24, 2.45) is 7.05 Å². The highest BCUT2D eigenvalue weighted by molar-refractivity contribution is 7.99. The van der Waals surface area contributed by atoms with Gasteiger partial charge in [0.05, 0.1) is 31.4 Å². The molecule has 0 spiro atoms. The van der Waals surface area contributed by atoms with Crippen LogP contribution in [0, 0.1) is 5.82 Å². The van der Waals surface area contributed by atoms with E-state index in [9.17, 15) is 17.6 Å². The maximum atomic E-state index is 13.2. The highest BCUT2D eigenvalue weighted by atomic mass is 32.2. The molecule has 3 rings (SSSR count). The van der Waals surface area contributed by atoms with Crippen molar-refractivity contribution in [3.63, 3.8) is 0 Å². The molecule has 0 aliphatic carbocycles. The number of nitrogens with one attached hydrogen (secondary N) is 1. The molecule has 0 saturated heterocycles. The van der Waals surface area contributed by atoms with Gasteiger partial charge in [0.15, 0.2) is 11.0 Å². The van der Waals surface area contributed by atoms with Crippen LogP contribution in [-0.4, -0.2) is 48.2 Å². The molecule has 0 aliphatic heterocycles. The van der Waals surface area contributed by atoms with Crippen LogP contribution in [0.5, 0.6) is 5.75 Å². The second-order valence-electron chi connectivity index (χ2n) is 6.77. The van der Waals surface area contributed by atoms with Crippen LogP contribution in [0.3, 0.4) is 0 Å². The molecule has 1 aromatic heterocycles. The van der Waals surface area contributed by atoms with Crippen LogP contribution in [0.1, 0.15) is 5.82 Å². The van der Waals surface area contributed by atoms with Gasteiger partial charge in [0.1, 0.15) is 11.6 Å². The standard InChI is InChI=1S/C20H22FN5O4S2/c1-25-18(12-26(32(3,28)29)16-9-7-14(21)8-10-16)23-24-20(25)31-13-19(27)22-15-5-4-6-17(11-15)30-2/h4-11H,12-13H2,1-3H3,(H,22,27). The van der Waals surface area contributed by atoms with Crippen molar-refractivity contribution >= 4 is 39.1 Å². The van der Waals surface area contributed by atoms with Crippen molar-refractivity contribution in [3.8, 4) is 5.75 Å². The minimum atomic E-state index is -3.65. The molecule has 170 valence electrons. The minimum absolute atomic E-state index is 0.0803. The van der Waals surface area contributed by atoms with Crippen LogP contribution >= 0.6 is 11.8 Å². The van der Waals surface area contributed by atoms with Gasteiger partial charge in [-0.1, -0.05) is 17.8 Å². The molecule has 0 atom stereocenters. The quantitative estimate of drug-likeness (QED) is 0.470. The fourth-order valence-corrected chi connectivity index (χ4v) is 4.36. The number of amides is 1. The van der Waals surface area contributed by atoms with Crippen molar-refractivity contribution in [1.29, 1.82) is 0 Å². The van der Waals surface area contributed by atoms with E-state index < -0.39 is 15.8 Å². The molecule has 9 nitrogen and oxygen atoms in total. The van der Waals surface area contributed by atoms with E-state index in [-0.39, 0.29) is 18.2 Å². The Morgan fingerprint density at radius 1 is 1.22 bits per heavy atom. The second-order valence-corrected chi connectivity index (χ2v) is 9.62. The second kappa shape index (κ2) is 10.0. The Labute approximate surface area is 189 Å². The van der Waals surface area contributed by atoms with Gasteiger partial charge in [0.2, 0.25) is 15.9 Å². The van der Waals surface area contributed by atoms with Crippen LogP contribution in [-0.2, 0) is 28.4 Å². The first-order chi connectivity index (χ1) is 15.2. The number of carbonyl (C=O) groups excluding carboxylic acids is 1. The fraction of sp³-hybridized carbons (Fsp3) is 0.250. The number of methoxy groups -OCH3 is 1. The van der Waals surface area contributed by atoms with E-state index in [2.05, 4.69) is 15.5 Å². The largest absolute Gasteiger partial charge is 0.497 e. The number of halogens is 1. The van der Waals surface area contributed by atoms with Gasteiger partial charge in [-0.2, -0.15) is 0 Å². The van der Waals surface area contributed by atoms with Gasteiger partial charge >= 0.3 is 0 Å². The van der Waals surface area contributed by atoms with E-state index in [1.165, 1.54) is 36.0 Å². The van der Waals surface area contributed by atoms with Crippen molar-refractivity contribution in [1.82, 2.24) is 14.8 Å². The average Bonchev–Trinajstić information content (AvgIpc) is 3.10. The Hall–Kier alpha value is -3.12. The molecule has 1 N–H and O–H groups in total. The zero-order valence-corrected chi connectivity index (χ0v) is 19.3. The maximum absolute atomic E-state index is 13.2. The van der Waals surface area contributed by atoms with Crippen LogP contribution in [0.15, 0.2) is 53.7 Å². The summed E-state index contributed by atoms with van der Waals surface area (Å²) in [7, 11) is -0.426. The fourth-order valence-electron chi connectivity index (χ4n) is 2.77. The molecule has 3 aromatic rings. The lowest BCUT2D eigenvalue weighted by Gasteiger charge is -2.21. The maximum Gasteiger partial charge on any atom is 0.234 e. The van der Waals surface area contributed by atoms with E-state index in [0.717, 1.165) is 10.6 Å². The van der Waals surface area contributed by atoms with Crippen molar-refractivity contribution in [3.05, 3.63) is 60.2 Å². The summed E-state index contributed by atoms with van der Waals surface area (Å²) in [5.74, 6) is 0.376. The Morgan fingerprint density at radius 2 is 1.94 bits per heavy atom. The number of aromatic nitrogens is 3. The van der Waals surface area contributed by atoms with Gasteiger partial charge in [0, 0.05) is 18.8 Å². The molecule has 0 bridgehead atoms. The van der Waals surface area contributed by atoms with E-state index in [1.807, 2.05) is 0 Å². The summed E-state index contributed by atoms with van der Waals surface area (Å²) in [5, 5.41) is 11.3. The van der Waals surface area contributed by atoms with Gasteiger partial charge in [-0.3, -0.25) is 9.10 Å². The molecule has 0 unspecified atom stereocenters. The Kier molecular flexibility index (Phi) is 7.36. The smallest absolute Gasteiger partial charge is 0.234 e. The molecule has 0 fully saturated rings. The first-order valence-electron chi connectivity index (χ1n) is 9.35. The Morgan fingerprint density at radius 3 is 2.59 bits per heavy atom. The molecular weight excluding hydrogens is 457 g/mol. The molecule has 0 radical (unpaired) electrons. The molecule has 2 aromatic carbocycles. The average molecular weight is 480 g/mol. The molecule has 0 saturated carbocycles. The number of thioether (sulfide) groups is 1. The van der Waals surface area contributed by atoms with Gasteiger partial charge in [0.25, 0.3) is 0 Å². The van der Waals surface area contributed by atoms with E-state index in [0.29, 0.717) is 28.1 Å². The van der Waals surface area contributed by atoms with Crippen LogP contribution in [0.25, 0.3) is 0 Å². The summed E-state index contributed by atoms with van der Waals surface area (Å²) in [6.45, 7) is -0.0927. The third-order valence-electron chi connectivity index (χ3n) is 4.41. The third kappa shape index (κ3) is 5.98. The van der Waals surface area contributed by atoms with Crippen LogP contribution in [0.2, 0.25) is 0 Å². The van der Waals surface area contributed by atoms with Gasteiger partial charge in [-0.05, 0) is 36.4 Å². The summed E-state index contributed by atoms with van der Waals surface area (Å²) in [5.41, 5.74) is 0.917. The summed E-state index contributed by atoms with van der Waals surface area (Å²) >= 11 is 1.17. The lowest BCUT2D eigenvalue weighted by atomic mass is 10.3. The summed E-state index contributed by atoms with van der Waals surface area (Å²) in [6.07, 6.45) is 1.06. The lowest BCUT2D eigenvalue weighted by molar-refractivity contribution is -0.113. The minimum Gasteiger partial charge on any atom is -0.497 e. The predicted octanol–water partition coefficient (Wildman–Crippen LogP) is 2.66. The zero-order chi connectivity index (χ0) is 23.3. The monoisotopic (exact) mass is 479 g/mol. The predicted molar refractivity (Wildman–Crippen MR) is 121 cm³/mol. The van der Waals surface area contributed by atoms with E-state index in [4.69, 9.17) is 4.74 Å². The number of carbonyl (C=O) groups is 1. The molecule has 32 heavy (non-hydrogen) atoms. The van der Waals surface area contributed by atoms with Crippen LogP contribution in [0.4, 0.5) is 15.8 Å². The first kappa shape index (κ1) is 23.5. The van der Waals surface area contributed by atoms with Crippen molar-refractivity contribution in [2.75, 3.05) is 28.7 Å². The van der Waals surface area contributed by atoms with Gasteiger partial charge in [-0.15, -0.1) is 10.2 Å². The molecule has 1 heterocycles. The Balaban J connectivity index is 1.67. The van der Waals surface area contributed by atoms with E-state index >= 15 is 0 Å². The number of hydrogen-bond donors (Lipinski definition) is 1. The SMILES string of the molecule is COc1cccc(NC(=O)CSc2nnc(CN(c3ccc(F)cc3)S(C)(=O)=O)n2C)c1. The number of nitrogens with zero attached hydrogens (tertiary/aromatic N) is 4. The summed E-state index contributed by atoms with van der Waals surface area (Å²) in [4.78, 5) is 12.3. The third-order valence-corrected chi connectivity index (χ3v) is 6.57. The van der Waals surface area contributed by atoms with Crippen molar-refractivity contribution < 1.29 is 22.3 Å². The van der Waals surface area contributed by atoms with Crippen molar-refractivity contribution in [2.45, 2.75) is 11.7 Å². The highest BCUT2D eigenvalue weighted by Crippen LogP contribution is 2.23. The molecule has 0 aliphatic rings. The number of sulfonamides is 1. The number of anilines is 2. The molecule has 12 heteroatoms. The van der Waals surface area contributed by atoms with E-state index in [1.54, 1.807) is 43.0 Å². The highest BCUT2D eigenvalue weighted by Gasteiger charge is 2.22. The number of rotatable bonds is 9. The molecule has 1 amide bonds. The summed E-state index contributed by atoms with van der Waals surface area (Å²) in [6, 6.07) is 12.1. The van der Waals surface area contributed by atoms with Crippen LogP contribution < -0.4 is 14.4 Å². The number of hydrogen-bond acceptors (Lipinski definition) is 7. The normalized spacial score (nSPS) is 11.2. The number of ether oxygens (including phenoxy) is 1. The van der Waals surface area contributed by atoms with Gasteiger partial charge < -0.3 is 14.6 Å². The lowest BCUT2D eigenvalue weighted by Crippen LogP contribution is -2.30. The first-order valence-corrected chi connectivity index (χ1v) is 12.2. The summed E-state index contributed by atoms with van der Waals surface area (Å²) < 4.78 is 45.7.